The fraction of sp³-hybridized carbons (Fsp3) is 0.647. The number of hydrogen-bond acceptors (Lipinski definition) is 3. The maximum Gasteiger partial charge on any atom is 0.0587 e. The number of nitrogens with one attached hydrogen (secondary N) is 1. The molecule has 4 heteroatoms. The van der Waals surface area contributed by atoms with Gasteiger partial charge < -0.3 is 10.1 Å². The van der Waals surface area contributed by atoms with Crippen molar-refractivity contribution < 1.29 is 4.74 Å². The molecule has 2 rings (SSSR count). The minimum atomic E-state index is 0.761. The predicted molar refractivity (Wildman–Crippen MR) is 95.0 cm³/mol. The number of benzene rings is 1. The van der Waals surface area contributed by atoms with E-state index in [2.05, 4.69) is 58.1 Å². The summed E-state index contributed by atoms with van der Waals surface area (Å²) >= 11 is 5.67. The molecule has 1 fully saturated rings. The van der Waals surface area contributed by atoms with Gasteiger partial charge in [-0.3, -0.25) is 0 Å². The summed E-state index contributed by atoms with van der Waals surface area (Å²) in [5.41, 5.74) is 1.39. The lowest BCUT2D eigenvalue weighted by atomic mass is 9.91. The van der Waals surface area contributed by atoms with Gasteiger partial charge in [0, 0.05) is 34.8 Å². The van der Waals surface area contributed by atoms with Crippen LogP contribution in [0.15, 0.2) is 27.6 Å². The van der Waals surface area contributed by atoms with Gasteiger partial charge in [-0.2, -0.15) is 0 Å². The second-order valence-electron chi connectivity index (χ2n) is 5.93. The topological polar surface area (TPSA) is 21.3 Å². The molecule has 2 unspecified atom stereocenters. The normalized spacial score (nSPS) is 22.4. The molecule has 1 aromatic carbocycles. The van der Waals surface area contributed by atoms with E-state index in [4.69, 9.17) is 4.74 Å². The van der Waals surface area contributed by atoms with E-state index in [1.165, 1.54) is 36.1 Å². The summed E-state index contributed by atoms with van der Waals surface area (Å²) in [6.45, 7) is 4.96. The Morgan fingerprint density at radius 2 is 2.24 bits per heavy atom. The Balaban J connectivity index is 1.96. The van der Waals surface area contributed by atoms with E-state index in [-0.39, 0.29) is 0 Å². The van der Waals surface area contributed by atoms with Crippen LogP contribution in [0.4, 0.5) is 0 Å². The second kappa shape index (κ2) is 9.19. The molecule has 0 aliphatic heterocycles. The zero-order valence-electron chi connectivity index (χ0n) is 13.0. The minimum Gasteiger partial charge on any atom is -0.383 e. The SMILES string of the molecule is COCCNCc1cc(Br)ccc1SC1CCCC(C)C1. The highest BCUT2D eigenvalue weighted by Crippen LogP contribution is 2.38. The Labute approximate surface area is 141 Å². The second-order valence-corrected chi connectivity index (χ2v) is 8.19. The van der Waals surface area contributed by atoms with Gasteiger partial charge in [-0.25, -0.2) is 0 Å². The first kappa shape index (κ1) is 17.3. The van der Waals surface area contributed by atoms with Crippen LogP contribution in [0.25, 0.3) is 0 Å². The van der Waals surface area contributed by atoms with Gasteiger partial charge >= 0.3 is 0 Å². The Bertz CT molecular complexity index is 441. The number of thioether (sulfide) groups is 1. The smallest absolute Gasteiger partial charge is 0.0587 e. The van der Waals surface area contributed by atoms with Gasteiger partial charge in [0.25, 0.3) is 0 Å². The van der Waals surface area contributed by atoms with Crippen LogP contribution >= 0.6 is 27.7 Å². The van der Waals surface area contributed by atoms with Gasteiger partial charge in [-0.05, 0) is 42.5 Å². The molecule has 0 saturated heterocycles. The average molecular weight is 372 g/mol. The van der Waals surface area contributed by atoms with Crippen LogP contribution in [0, 0.1) is 5.92 Å². The van der Waals surface area contributed by atoms with Crippen molar-refractivity contribution in [3.8, 4) is 0 Å². The van der Waals surface area contributed by atoms with E-state index in [9.17, 15) is 0 Å². The molecular weight excluding hydrogens is 346 g/mol. The molecule has 1 aliphatic rings. The van der Waals surface area contributed by atoms with Crippen molar-refractivity contribution >= 4 is 27.7 Å². The summed E-state index contributed by atoms with van der Waals surface area (Å²) in [7, 11) is 1.74. The number of halogens is 1. The summed E-state index contributed by atoms with van der Waals surface area (Å²) in [5.74, 6) is 0.884. The van der Waals surface area contributed by atoms with Crippen molar-refractivity contribution in [3.63, 3.8) is 0 Å². The molecule has 1 aromatic rings. The van der Waals surface area contributed by atoms with Crippen LogP contribution in [0.5, 0.6) is 0 Å². The van der Waals surface area contributed by atoms with Crippen molar-refractivity contribution in [2.75, 3.05) is 20.3 Å². The monoisotopic (exact) mass is 371 g/mol. The van der Waals surface area contributed by atoms with E-state index < -0.39 is 0 Å². The summed E-state index contributed by atoms with van der Waals surface area (Å²) in [6, 6.07) is 6.67. The zero-order chi connectivity index (χ0) is 15.1. The third-order valence-corrected chi connectivity index (χ3v) is 5.91. The van der Waals surface area contributed by atoms with E-state index in [0.29, 0.717) is 0 Å². The predicted octanol–water partition coefficient (Wildman–Crippen LogP) is 4.86. The molecule has 1 aliphatic carbocycles. The quantitative estimate of drug-likeness (QED) is 0.691. The van der Waals surface area contributed by atoms with Crippen molar-refractivity contribution in [2.45, 2.75) is 49.3 Å². The van der Waals surface area contributed by atoms with Crippen molar-refractivity contribution in [1.82, 2.24) is 5.32 Å². The largest absolute Gasteiger partial charge is 0.383 e. The van der Waals surface area contributed by atoms with Gasteiger partial charge in [-0.1, -0.05) is 35.7 Å². The average Bonchev–Trinajstić information content (AvgIpc) is 2.46. The Morgan fingerprint density at radius 3 is 3.00 bits per heavy atom. The molecule has 2 atom stereocenters. The summed E-state index contributed by atoms with van der Waals surface area (Å²) in [5, 5.41) is 4.24. The minimum absolute atomic E-state index is 0.761. The summed E-state index contributed by atoms with van der Waals surface area (Å²) in [6.07, 6.45) is 5.51. The van der Waals surface area contributed by atoms with E-state index >= 15 is 0 Å². The van der Waals surface area contributed by atoms with Crippen LogP contribution in [0.2, 0.25) is 0 Å². The van der Waals surface area contributed by atoms with Crippen LogP contribution in [-0.2, 0) is 11.3 Å². The van der Waals surface area contributed by atoms with Gasteiger partial charge in [-0.15, -0.1) is 11.8 Å². The molecule has 0 amide bonds. The van der Waals surface area contributed by atoms with Gasteiger partial charge in [0.15, 0.2) is 0 Å². The fourth-order valence-corrected chi connectivity index (χ4v) is 4.77. The fourth-order valence-electron chi connectivity index (χ4n) is 2.86. The Kier molecular flexibility index (Phi) is 7.58. The number of methoxy groups -OCH3 is 1. The molecule has 0 aromatic heterocycles. The van der Waals surface area contributed by atoms with Crippen molar-refractivity contribution in [1.29, 1.82) is 0 Å². The van der Waals surface area contributed by atoms with Crippen molar-refractivity contribution in [2.24, 2.45) is 5.92 Å². The third kappa shape index (κ3) is 5.93. The third-order valence-electron chi connectivity index (χ3n) is 4.00. The van der Waals surface area contributed by atoms with E-state index in [0.717, 1.165) is 35.3 Å². The number of hydrogen-bond donors (Lipinski definition) is 1. The maximum atomic E-state index is 5.09. The van der Waals surface area contributed by atoms with Crippen LogP contribution in [-0.4, -0.2) is 25.5 Å². The first-order valence-electron chi connectivity index (χ1n) is 7.83. The van der Waals surface area contributed by atoms with Gasteiger partial charge in [0.2, 0.25) is 0 Å². The lowest BCUT2D eigenvalue weighted by Gasteiger charge is -2.27. The molecule has 0 heterocycles. The number of ether oxygens (including phenoxy) is 1. The highest BCUT2D eigenvalue weighted by molar-refractivity contribution is 9.10. The molecule has 0 spiro atoms. The van der Waals surface area contributed by atoms with Crippen molar-refractivity contribution in [3.05, 3.63) is 28.2 Å². The first-order valence-corrected chi connectivity index (χ1v) is 9.51. The molecule has 1 saturated carbocycles. The molecule has 21 heavy (non-hydrogen) atoms. The van der Waals surface area contributed by atoms with Crippen LogP contribution < -0.4 is 5.32 Å². The highest BCUT2D eigenvalue weighted by atomic mass is 79.9. The molecule has 0 bridgehead atoms. The Hall–Kier alpha value is -0.0300. The standard InChI is InChI=1S/C17H26BrNOS/c1-13-4-3-5-16(10-13)21-17-7-6-15(18)11-14(17)12-19-8-9-20-2/h6-7,11,13,16,19H,3-5,8-10,12H2,1-2H3. The maximum absolute atomic E-state index is 5.09. The zero-order valence-corrected chi connectivity index (χ0v) is 15.4. The first-order chi connectivity index (χ1) is 10.2. The van der Waals surface area contributed by atoms with E-state index in [1.54, 1.807) is 7.11 Å². The van der Waals surface area contributed by atoms with E-state index in [1.807, 2.05) is 0 Å². The number of rotatable bonds is 7. The Morgan fingerprint density at radius 1 is 1.38 bits per heavy atom. The van der Waals surface area contributed by atoms with Crippen LogP contribution in [0.1, 0.15) is 38.2 Å². The summed E-state index contributed by atoms with van der Waals surface area (Å²) in [4.78, 5) is 1.43. The summed E-state index contributed by atoms with van der Waals surface area (Å²) < 4.78 is 6.25. The molecular formula is C17H26BrNOS. The van der Waals surface area contributed by atoms with Gasteiger partial charge in [0.1, 0.15) is 0 Å². The lowest BCUT2D eigenvalue weighted by molar-refractivity contribution is 0.199. The lowest BCUT2D eigenvalue weighted by Crippen LogP contribution is -2.19. The highest BCUT2D eigenvalue weighted by Gasteiger charge is 2.20. The van der Waals surface area contributed by atoms with Crippen LogP contribution in [0.3, 0.4) is 0 Å². The molecule has 1 N–H and O–H groups in total. The molecule has 2 nitrogen and oxygen atoms in total. The van der Waals surface area contributed by atoms with Gasteiger partial charge in [0.05, 0.1) is 6.61 Å². The molecule has 118 valence electrons. The molecule has 0 radical (unpaired) electrons.